The third kappa shape index (κ3) is 3.29. The normalized spacial score (nSPS) is 14.6. The van der Waals surface area contributed by atoms with E-state index in [0.29, 0.717) is 31.9 Å². The summed E-state index contributed by atoms with van der Waals surface area (Å²) in [6, 6.07) is 7.00. The van der Waals surface area contributed by atoms with E-state index >= 15 is 0 Å². The first-order valence-electron chi connectivity index (χ1n) is 6.48. The van der Waals surface area contributed by atoms with Crippen molar-refractivity contribution in [1.29, 1.82) is 0 Å². The molecule has 0 bridgehead atoms. The molecule has 0 spiro atoms. The summed E-state index contributed by atoms with van der Waals surface area (Å²) in [5.41, 5.74) is 1.41. The average Bonchev–Trinajstić information content (AvgIpc) is 2.47. The zero-order chi connectivity index (χ0) is 14.5. The summed E-state index contributed by atoms with van der Waals surface area (Å²) in [7, 11) is 0. The monoisotopic (exact) mass is 271 g/mol. The third-order valence-electron chi connectivity index (χ3n) is 3.29. The highest BCUT2D eigenvalue weighted by molar-refractivity contribution is 5.89. The van der Waals surface area contributed by atoms with Crippen LogP contribution in [0.15, 0.2) is 24.3 Å². The predicted octanol–water partition coefficient (Wildman–Crippen LogP) is 1.36. The van der Waals surface area contributed by atoms with Crippen molar-refractivity contribution in [2.75, 3.05) is 31.5 Å². The fourth-order valence-electron chi connectivity index (χ4n) is 2.11. The molecule has 5 nitrogen and oxygen atoms in total. The Bertz CT molecular complexity index is 554. The number of hydrogen-bond donors (Lipinski definition) is 1. The van der Waals surface area contributed by atoms with Crippen molar-refractivity contribution in [3.63, 3.8) is 0 Å². The van der Waals surface area contributed by atoms with E-state index in [0.717, 1.165) is 5.56 Å². The first-order chi connectivity index (χ1) is 9.60. The van der Waals surface area contributed by atoms with Crippen molar-refractivity contribution in [3.8, 4) is 12.3 Å². The first-order valence-corrected chi connectivity index (χ1v) is 6.48. The maximum atomic E-state index is 12.1. The Hall–Kier alpha value is -2.48. The fourth-order valence-corrected chi connectivity index (χ4v) is 2.11. The summed E-state index contributed by atoms with van der Waals surface area (Å²) in [4.78, 5) is 26.8. The van der Waals surface area contributed by atoms with Gasteiger partial charge in [-0.1, -0.05) is 12.0 Å². The van der Waals surface area contributed by atoms with Crippen LogP contribution in [0.25, 0.3) is 0 Å². The van der Waals surface area contributed by atoms with Gasteiger partial charge in [0.25, 0.3) is 0 Å². The Balaban J connectivity index is 1.93. The molecule has 1 aliphatic rings. The Labute approximate surface area is 118 Å². The van der Waals surface area contributed by atoms with Gasteiger partial charge < -0.3 is 15.1 Å². The van der Waals surface area contributed by atoms with Crippen LogP contribution in [0.4, 0.5) is 10.5 Å². The molecule has 1 heterocycles. The number of carbonyl (C=O) groups is 2. The molecular weight excluding hydrogens is 254 g/mol. The van der Waals surface area contributed by atoms with Crippen molar-refractivity contribution < 1.29 is 9.59 Å². The Morgan fingerprint density at radius 1 is 1.20 bits per heavy atom. The topological polar surface area (TPSA) is 52.7 Å². The second-order valence-electron chi connectivity index (χ2n) is 4.65. The van der Waals surface area contributed by atoms with Crippen molar-refractivity contribution >= 4 is 17.6 Å². The molecule has 1 aromatic rings. The lowest BCUT2D eigenvalue weighted by molar-refractivity contribution is -0.130. The molecule has 0 radical (unpaired) electrons. The second kappa shape index (κ2) is 6.11. The third-order valence-corrected chi connectivity index (χ3v) is 3.29. The molecule has 5 heteroatoms. The number of amides is 3. The predicted molar refractivity (Wildman–Crippen MR) is 77.2 cm³/mol. The molecule has 104 valence electrons. The lowest BCUT2D eigenvalue weighted by Gasteiger charge is -2.34. The van der Waals surface area contributed by atoms with Crippen LogP contribution in [0.5, 0.6) is 0 Å². The van der Waals surface area contributed by atoms with E-state index in [-0.39, 0.29) is 11.9 Å². The van der Waals surface area contributed by atoms with Gasteiger partial charge in [0.15, 0.2) is 0 Å². The summed E-state index contributed by atoms with van der Waals surface area (Å²) >= 11 is 0. The Kier molecular flexibility index (Phi) is 4.26. The van der Waals surface area contributed by atoms with Crippen molar-refractivity contribution in [1.82, 2.24) is 9.80 Å². The summed E-state index contributed by atoms with van der Waals surface area (Å²) in [6.07, 6.45) is 5.33. The second-order valence-corrected chi connectivity index (χ2v) is 4.65. The average molecular weight is 271 g/mol. The first kappa shape index (κ1) is 13.9. The van der Waals surface area contributed by atoms with Gasteiger partial charge in [-0.2, -0.15) is 0 Å². The van der Waals surface area contributed by atoms with E-state index < -0.39 is 0 Å². The highest BCUT2D eigenvalue weighted by atomic mass is 16.2. The number of piperazine rings is 1. The largest absolute Gasteiger partial charge is 0.339 e. The molecule has 1 saturated heterocycles. The van der Waals surface area contributed by atoms with E-state index in [4.69, 9.17) is 6.42 Å². The van der Waals surface area contributed by atoms with E-state index in [1.807, 2.05) is 0 Å². The van der Waals surface area contributed by atoms with Crippen LogP contribution in [0.1, 0.15) is 12.5 Å². The standard InChI is InChI=1S/C15H17N3O2/c1-3-13-5-4-6-14(11-13)16-15(20)18-9-7-17(8-10-18)12(2)19/h1,4-6,11H,7-10H2,2H3,(H,16,20). The quantitative estimate of drug-likeness (QED) is 0.784. The zero-order valence-corrected chi connectivity index (χ0v) is 11.4. The minimum atomic E-state index is -0.164. The van der Waals surface area contributed by atoms with Gasteiger partial charge >= 0.3 is 6.03 Å². The summed E-state index contributed by atoms with van der Waals surface area (Å²) in [5.74, 6) is 2.58. The number of anilines is 1. The molecule has 0 aromatic heterocycles. The summed E-state index contributed by atoms with van der Waals surface area (Å²) in [6.45, 7) is 3.78. The minimum Gasteiger partial charge on any atom is -0.339 e. The zero-order valence-electron chi connectivity index (χ0n) is 11.4. The van der Waals surface area contributed by atoms with Gasteiger partial charge in [0.05, 0.1) is 0 Å². The Morgan fingerprint density at radius 3 is 2.45 bits per heavy atom. The van der Waals surface area contributed by atoms with Crippen LogP contribution in [0.2, 0.25) is 0 Å². The molecule has 2 rings (SSSR count). The number of nitrogens with one attached hydrogen (secondary N) is 1. The van der Waals surface area contributed by atoms with Gasteiger partial charge in [0.2, 0.25) is 5.91 Å². The maximum Gasteiger partial charge on any atom is 0.321 e. The molecule has 1 aromatic carbocycles. The van der Waals surface area contributed by atoms with Gasteiger partial charge in [-0.3, -0.25) is 4.79 Å². The summed E-state index contributed by atoms with van der Waals surface area (Å²) in [5, 5.41) is 2.82. The highest BCUT2D eigenvalue weighted by Gasteiger charge is 2.22. The number of urea groups is 1. The van der Waals surface area contributed by atoms with Crippen molar-refractivity contribution in [2.45, 2.75) is 6.92 Å². The molecule has 1 aliphatic heterocycles. The molecule has 0 aliphatic carbocycles. The van der Waals surface area contributed by atoms with Gasteiger partial charge in [0.1, 0.15) is 0 Å². The number of hydrogen-bond acceptors (Lipinski definition) is 2. The number of carbonyl (C=O) groups excluding carboxylic acids is 2. The maximum absolute atomic E-state index is 12.1. The van der Waals surface area contributed by atoms with E-state index in [9.17, 15) is 9.59 Å². The molecule has 1 N–H and O–H groups in total. The molecule has 0 unspecified atom stereocenters. The number of benzene rings is 1. The van der Waals surface area contributed by atoms with Crippen LogP contribution in [0.3, 0.4) is 0 Å². The van der Waals surface area contributed by atoms with Gasteiger partial charge in [0, 0.05) is 44.4 Å². The van der Waals surface area contributed by atoms with Crippen LogP contribution >= 0.6 is 0 Å². The van der Waals surface area contributed by atoms with E-state index in [1.165, 1.54) is 0 Å². The minimum absolute atomic E-state index is 0.0479. The molecule has 0 atom stereocenters. The SMILES string of the molecule is C#Cc1cccc(NC(=O)N2CCN(C(C)=O)CC2)c1. The number of terminal acetylenes is 1. The number of rotatable bonds is 1. The summed E-state index contributed by atoms with van der Waals surface area (Å²) < 4.78 is 0. The van der Waals surface area contributed by atoms with Gasteiger partial charge in [-0.15, -0.1) is 6.42 Å². The lowest BCUT2D eigenvalue weighted by Crippen LogP contribution is -2.51. The van der Waals surface area contributed by atoms with Crippen LogP contribution in [0, 0.1) is 12.3 Å². The lowest BCUT2D eigenvalue weighted by atomic mass is 10.2. The molecule has 0 saturated carbocycles. The molecule has 3 amide bonds. The number of nitrogens with zero attached hydrogens (tertiary/aromatic N) is 2. The van der Waals surface area contributed by atoms with Crippen LogP contribution < -0.4 is 5.32 Å². The van der Waals surface area contributed by atoms with Crippen LogP contribution in [-0.4, -0.2) is 47.9 Å². The smallest absolute Gasteiger partial charge is 0.321 e. The van der Waals surface area contributed by atoms with Gasteiger partial charge in [-0.05, 0) is 18.2 Å². The highest BCUT2D eigenvalue weighted by Crippen LogP contribution is 2.11. The Morgan fingerprint density at radius 2 is 1.85 bits per heavy atom. The van der Waals surface area contributed by atoms with Crippen LogP contribution in [-0.2, 0) is 4.79 Å². The van der Waals surface area contributed by atoms with Gasteiger partial charge in [-0.25, -0.2) is 4.79 Å². The fraction of sp³-hybridized carbons (Fsp3) is 0.333. The van der Waals surface area contributed by atoms with E-state index in [1.54, 1.807) is 41.0 Å². The van der Waals surface area contributed by atoms with E-state index in [2.05, 4.69) is 11.2 Å². The molecule has 20 heavy (non-hydrogen) atoms. The van der Waals surface area contributed by atoms with Crippen molar-refractivity contribution in [3.05, 3.63) is 29.8 Å². The van der Waals surface area contributed by atoms with Crippen molar-refractivity contribution in [2.24, 2.45) is 0 Å². The molecular formula is C15H17N3O2. The molecule has 1 fully saturated rings.